The Bertz CT molecular complexity index is 1090. The van der Waals surface area contributed by atoms with Crippen molar-refractivity contribution < 1.29 is 22.0 Å². The Morgan fingerprint density at radius 2 is 1.54 bits per heavy atom. The van der Waals surface area contributed by atoms with Crippen molar-refractivity contribution in [2.24, 2.45) is 0 Å². The molecule has 1 atom stereocenters. The molecule has 4 rings (SSSR count). The lowest BCUT2D eigenvalue weighted by Crippen LogP contribution is -2.40. The number of H-pyrrole nitrogens is 1. The standard InChI is InChI=1S/C19H11F5N4/c20-12-3-1-10(2-4-12)15-16(11-5-7-25-8-6-11)27-18(26-15)19(24)14(22)9-13(21)17(23)28-19/h1-9,28H,(H,26,27). The second-order valence-corrected chi connectivity index (χ2v) is 5.99. The van der Waals surface area contributed by atoms with Crippen molar-refractivity contribution in [2.45, 2.75) is 5.79 Å². The van der Waals surface area contributed by atoms with E-state index < -0.39 is 35.0 Å². The molecule has 0 aliphatic carbocycles. The number of benzene rings is 1. The van der Waals surface area contributed by atoms with E-state index >= 15 is 4.39 Å². The molecule has 2 N–H and O–H groups in total. The fraction of sp³-hybridized carbons (Fsp3) is 0.0526. The highest BCUT2D eigenvalue weighted by atomic mass is 19.2. The maximum atomic E-state index is 15.2. The van der Waals surface area contributed by atoms with Crippen molar-refractivity contribution in [1.29, 1.82) is 0 Å². The van der Waals surface area contributed by atoms with Crippen LogP contribution in [0.15, 0.2) is 72.5 Å². The van der Waals surface area contributed by atoms with Gasteiger partial charge in [-0.05, 0) is 36.4 Å². The summed E-state index contributed by atoms with van der Waals surface area (Å²) in [5.74, 6) is -9.18. The van der Waals surface area contributed by atoms with E-state index in [9.17, 15) is 17.6 Å². The Hall–Kier alpha value is -3.49. The van der Waals surface area contributed by atoms with E-state index in [0.717, 1.165) is 0 Å². The van der Waals surface area contributed by atoms with Crippen molar-refractivity contribution >= 4 is 0 Å². The van der Waals surface area contributed by atoms with Crippen molar-refractivity contribution in [1.82, 2.24) is 20.3 Å². The second-order valence-electron chi connectivity index (χ2n) is 5.99. The molecular weight excluding hydrogens is 379 g/mol. The third kappa shape index (κ3) is 2.94. The maximum absolute atomic E-state index is 15.2. The molecule has 4 nitrogen and oxygen atoms in total. The summed E-state index contributed by atoms with van der Waals surface area (Å²) in [5, 5.41) is 1.52. The summed E-state index contributed by atoms with van der Waals surface area (Å²) in [6.07, 6.45) is 3.07. The molecule has 9 heteroatoms. The predicted octanol–water partition coefficient (Wildman–Crippen LogP) is 4.96. The molecule has 0 amide bonds. The molecule has 0 fully saturated rings. The van der Waals surface area contributed by atoms with Crippen LogP contribution in [0.3, 0.4) is 0 Å². The van der Waals surface area contributed by atoms with E-state index in [-0.39, 0.29) is 17.5 Å². The van der Waals surface area contributed by atoms with Gasteiger partial charge in [-0.15, -0.1) is 0 Å². The molecule has 0 spiro atoms. The quantitative estimate of drug-likeness (QED) is 0.491. The minimum Gasteiger partial charge on any atom is -0.337 e. The number of dihydropyridines is 1. The minimum atomic E-state index is -3.24. The highest BCUT2D eigenvalue weighted by Crippen LogP contribution is 2.40. The predicted molar refractivity (Wildman–Crippen MR) is 91.6 cm³/mol. The normalized spacial score (nSPS) is 19.4. The number of nitrogens with one attached hydrogen (secondary N) is 2. The zero-order valence-corrected chi connectivity index (χ0v) is 14.0. The number of pyridine rings is 1. The smallest absolute Gasteiger partial charge is 0.292 e. The van der Waals surface area contributed by atoms with Gasteiger partial charge in [0.05, 0.1) is 11.4 Å². The molecule has 0 radical (unpaired) electrons. The van der Waals surface area contributed by atoms with E-state index in [1.807, 2.05) is 0 Å². The maximum Gasteiger partial charge on any atom is 0.292 e. The molecule has 2 aromatic heterocycles. The van der Waals surface area contributed by atoms with Gasteiger partial charge in [0.25, 0.3) is 5.79 Å². The van der Waals surface area contributed by atoms with Gasteiger partial charge in [-0.25, -0.2) is 22.5 Å². The first-order valence-corrected chi connectivity index (χ1v) is 8.05. The zero-order chi connectivity index (χ0) is 19.9. The van der Waals surface area contributed by atoms with Crippen LogP contribution in [0.25, 0.3) is 22.5 Å². The summed E-state index contributed by atoms with van der Waals surface area (Å²) in [6.45, 7) is 0. The van der Waals surface area contributed by atoms with Gasteiger partial charge in [-0.2, -0.15) is 4.39 Å². The van der Waals surface area contributed by atoms with Crippen LogP contribution < -0.4 is 5.32 Å². The zero-order valence-electron chi connectivity index (χ0n) is 14.0. The molecule has 3 heterocycles. The molecule has 142 valence electrons. The number of hydrogen-bond donors (Lipinski definition) is 2. The lowest BCUT2D eigenvalue weighted by molar-refractivity contribution is 0.112. The molecule has 0 bridgehead atoms. The Labute approximate surface area is 155 Å². The fourth-order valence-electron chi connectivity index (χ4n) is 2.80. The summed E-state index contributed by atoms with van der Waals surface area (Å²) in [7, 11) is 0. The first-order chi connectivity index (χ1) is 13.4. The largest absolute Gasteiger partial charge is 0.337 e. The van der Waals surface area contributed by atoms with E-state index in [4.69, 9.17) is 0 Å². The average molecular weight is 390 g/mol. The van der Waals surface area contributed by atoms with Crippen molar-refractivity contribution in [3.63, 3.8) is 0 Å². The van der Waals surface area contributed by atoms with Crippen LogP contribution in [-0.4, -0.2) is 15.0 Å². The fourth-order valence-corrected chi connectivity index (χ4v) is 2.80. The molecule has 1 unspecified atom stereocenters. The Balaban J connectivity index is 1.89. The van der Waals surface area contributed by atoms with Gasteiger partial charge in [0, 0.05) is 29.6 Å². The van der Waals surface area contributed by atoms with Crippen molar-refractivity contribution in [3.05, 3.63) is 84.1 Å². The van der Waals surface area contributed by atoms with Crippen molar-refractivity contribution in [3.8, 4) is 22.5 Å². The van der Waals surface area contributed by atoms with E-state index in [0.29, 0.717) is 11.1 Å². The Morgan fingerprint density at radius 3 is 2.21 bits per heavy atom. The van der Waals surface area contributed by atoms with Crippen molar-refractivity contribution in [2.75, 3.05) is 0 Å². The Kier molecular flexibility index (Phi) is 4.21. The van der Waals surface area contributed by atoms with E-state index in [1.54, 1.807) is 12.1 Å². The molecule has 1 aromatic carbocycles. The summed E-state index contributed by atoms with van der Waals surface area (Å²) in [5.41, 5.74) is 1.37. The number of rotatable bonds is 3. The molecule has 0 saturated heterocycles. The number of nitrogens with zero attached hydrogens (tertiary/aromatic N) is 2. The van der Waals surface area contributed by atoms with Gasteiger partial charge in [-0.1, -0.05) is 0 Å². The van der Waals surface area contributed by atoms with Gasteiger partial charge in [0.15, 0.2) is 17.5 Å². The van der Waals surface area contributed by atoms with Crippen LogP contribution >= 0.6 is 0 Å². The molecular formula is C19H11F5N4. The van der Waals surface area contributed by atoms with Gasteiger partial charge in [0.2, 0.25) is 5.95 Å². The van der Waals surface area contributed by atoms with Crippen LogP contribution in [-0.2, 0) is 5.79 Å². The topological polar surface area (TPSA) is 53.6 Å². The molecule has 3 aromatic rings. The van der Waals surface area contributed by atoms with Crippen LogP contribution in [0.2, 0.25) is 0 Å². The number of aromatic amines is 1. The first kappa shape index (κ1) is 17.9. The highest BCUT2D eigenvalue weighted by molar-refractivity contribution is 5.78. The van der Waals surface area contributed by atoms with Gasteiger partial charge in [0.1, 0.15) is 5.82 Å². The minimum absolute atomic E-state index is 0.109. The second kappa shape index (κ2) is 6.59. The van der Waals surface area contributed by atoms with Gasteiger partial charge < -0.3 is 10.3 Å². The third-order valence-electron chi connectivity index (χ3n) is 4.19. The number of allylic oxidation sites excluding steroid dienone is 2. The van der Waals surface area contributed by atoms with Crippen LogP contribution in [0.1, 0.15) is 5.82 Å². The Morgan fingerprint density at radius 1 is 0.857 bits per heavy atom. The van der Waals surface area contributed by atoms with E-state index in [1.165, 1.54) is 42.0 Å². The average Bonchev–Trinajstić information content (AvgIpc) is 3.14. The van der Waals surface area contributed by atoms with Crippen LogP contribution in [0.5, 0.6) is 0 Å². The monoisotopic (exact) mass is 390 g/mol. The summed E-state index contributed by atoms with van der Waals surface area (Å²) < 4.78 is 69.5. The summed E-state index contributed by atoms with van der Waals surface area (Å²) >= 11 is 0. The first-order valence-electron chi connectivity index (χ1n) is 8.05. The van der Waals surface area contributed by atoms with Crippen LogP contribution in [0.4, 0.5) is 22.0 Å². The number of aromatic nitrogens is 3. The number of halogens is 5. The third-order valence-corrected chi connectivity index (χ3v) is 4.19. The summed E-state index contributed by atoms with van der Waals surface area (Å²) in [6, 6.07) is 8.37. The summed E-state index contributed by atoms with van der Waals surface area (Å²) in [4.78, 5) is 10.6. The highest BCUT2D eigenvalue weighted by Gasteiger charge is 2.45. The molecule has 0 saturated carbocycles. The molecule has 1 aliphatic rings. The lowest BCUT2D eigenvalue weighted by atomic mass is 10.1. The van der Waals surface area contributed by atoms with Crippen LogP contribution in [0, 0.1) is 5.82 Å². The SMILES string of the molecule is FC1=CC(F)=C(F)NC1(F)c1nc(-c2ccc(F)cc2)c(-c2ccncc2)[nH]1. The lowest BCUT2D eigenvalue weighted by Gasteiger charge is -2.25. The molecule has 1 aliphatic heterocycles. The van der Waals surface area contributed by atoms with E-state index in [2.05, 4.69) is 15.0 Å². The number of hydrogen-bond acceptors (Lipinski definition) is 3. The molecule has 28 heavy (non-hydrogen) atoms. The number of imidazole rings is 1. The number of alkyl halides is 1. The van der Waals surface area contributed by atoms with Gasteiger partial charge >= 0.3 is 0 Å². The van der Waals surface area contributed by atoms with Gasteiger partial charge in [-0.3, -0.25) is 4.98 Å².